The molecule has 0 atom stereocenters. The Morgan fingerprint density at radius 1 is 1.29 bits per heavy atom. The molecule has 0 bridgehead atoms. The highest BCUT2D eigenvalue weighted by Crippen LogP contribution is 1.96. The average Bonchev–Trinajstić information content (AvgIpc) is 2.57. The zero-order valence-electron chi connectivity index (χ0n) is 9.49. The van der Waals surface area contributed by atoms with Gasteiger partial charge in [0.25, 0.3) is 0 Å². The predicted octanol–water partition coefficient (Wildman–Crippen LogP) is 2.23. The molecule has 0 fully saturated rings. The summed E-state index contributed by atoms with van der Waals surface area (Å²) in [6, 6.07) is 2.68. The molecule has 1 aromatic heterocycles. The fourth-order valence-corrected chi connectivity index (χ4v) is 1.54. The maximum atomic E-state index is 2.29. The minimum atomic E-state index is 0.514. The van der Waals surface area contributed by atoms with E-state index in [2.05, 4.69) is 61.9 Å². The van der Waals surface area contributed by atoms with E-state index in [0.29, 0.717) is 6.04 Å². The van der Waals surface area contributed by atoms with Crippen molar-refractivity contribution < 1.29 is 0 Å². The molecule has 76 valence electrons. The topological polar surface area (TPSA) is 4.93 Å². The number of hydrogen-bond acceptors (Lipinski definition) is 0. The van der Waals surface area contributed by atoms with Crippen LogP contribution in [0.1, 0.15) is 33.7 Å². The van der Waals surface area contributed by atoms with E-state index in [9.17, 15) is 0 Å². The first-order valence-corrected chi connectivity index (χ1v) is 5.17. The minimum Gasteiger partial charge on any atom is -0.345 e. The van der Waals surface area contributed by atoms with E-state index in [4.69, 9.17) is 0 Å². The molecule has 14 heavy (non-hydrogen) atoms. The Kier molecular flexibility index (Phi) is 3.75. The third-order valence-electron chi connectivity index (χ3n) is 2.30. The van der Waals surface area contributed by atoms with Gasteiger partial charge in [0.1, 0.15) is 0 Å². The van der Waals surface area contributed by atoms with E-state index >= 15 is 0 Å². The Hall–Kier alpha value is -1.24. The van der Waals surface area contributed by atoms with Gasteiger partial charge in [-0.25, -0.2) is 0 Å². The molecule has 1 rings (SSSR count). The number of aromatic nitrogens is 1. The maximum absolute atomic E-state index is 2.29. The smallest absolute Gasteiger partial charge is 0.0479 e. The molecule has 0 saturated heterocycles. The highest BCUT2D eigenvalue weighted by atomic mass is 15.0. The number of hydrogen-bond donors (Lipinski definition) is 0. The van der Waals surface area contributed by atoms with Crippen molar-refractivity contribution in [1.82, 2.24) is 4.57 Å². The number of rotatable bonds is 2. The van der Waals surface area contributed by atoms with Crippen LogP contribution in [0.15, 0.2) is 24.4 Å². The lowest BCUT2D eigenvalue weighted by molar-refractivity contribution is 0.588. The molecule has 0 aromatic carbocycles. The van der Waals surface area contributed by atoms with E-state index in [1.54, 1.807) is 0 Å². The quantitative estimate of drug-likeness (QED) is 0.672. The summed E-state index contributed by atoms with van der Waals surface area (Å²) >= 11 is 0. The van der Waals surface area contributed by atoms with Crippen LogP contribution < -0.4 is 10.6 Å². The third-order valence-corrected chi connectivity index (χ3v) is 2.30. The van der Waals surface area contributed by atoms with Crippen LogP contribution in [0.3, 0.4) is 0 Å². The molecule has 1 heterocycles. The van der Waals surface area contributed by atoms with Gasteiger partial charge in [-0.15, -0.1) is 0 Å². The SMILES string of the molecule is C\C=C/C=c1\c(=C/C)ccn1C(C)C. The first-order chi connectivity index (χ1) is 6.70. The molecule has 0 spiro atoms. The van der Waals surface area contributed by atoms with Crippen LogP contribution in [0.2, 0.25) is 0 Å². The fourth-order valence-electron chi connectivity index (χ4n) is 1.54. The average molecular weight is 189 g/mol. The van der Waals surface area contributed by atoms with Crippen molar-refractivity contribution in [1.29, 1.82) is 0 Å². The third kappa shape index (κ3) is 2.16. The lowest BCUT2D eigenvalue weighted by atomic mass is 10.3. The standard InChI is InChI=1S/C13H19N/c1-5-7-8-13-12(6-2)9-10-14(13)11(3)4/h5-11H,1-4H3/b7-5-,12-6-,13-8+. The normalized spacial score (nSPS) is 14.9. The van der Waals surface area contributed by atoms with Crippen LogP contribution in [-0.2, 0) is 0 Å². The lowest BCUT2D eigenvalue weighted by Crippen LogP contribution is -2.29. The second-order valence-electron chi connectivity index (χ2n) is 3.64. The summed E-state index contributed by atoms with van der Waals surface area (Å²) in [6.45, 7) is 8.51. The van der Waals surface area contributed by atoms with Crippen molar-refractivity contribution in [3.63, 3.8) is 0 Å². The van der Waals surface area contributed by atoms with Gasteiger partial charge in [-0.1, -0.05) is 18.2 Å². The molecule has 1 nitrogen and oxygen atoms in total. The van der Waals surface area contributed by atoms with Crippen molar-refractivity contribution in [2.24, 2.45) is 0 Å². The predicted molar refractivity (Wildman–Crippen MR) is 63.5 cm³/mol. The molecular weight excluding hydrogens is 170 g/mol. The summed E-state index contributed by atoms with van der Waals surface area (Å²) in [4.78, 5) is 0. The first kappa shape index (κ1) is 10.8. The van der Waals surface area contributed by atoms with E-state index in [-0.39, 0.29) is 0 Å². The van der Waals surface area contributed by atoms with Crippen molar-refractivity contribution in [2.45, 2.75) is 33.7 Å². The summed E-state index contributed by atoms with van der Waals surface area (Å²) in [7, 11) is 0. The Balaban J connectivity index is 3.42. The monoisotopic (exact) mass is 189 g/mol. The maximum Gasteiger partial charge on any atom is 0.0479 e. The number of allylic oxidation sites excluding steroid dienone is 2. The van der Waals surface area contributed by atoms with Crippen molar-refractivity contribution in [3.8, 4) is 0 Å². The largest absolute Gasteiger partial charge is 0.345 e. The zero-order chi connectivity index (χ0) is 10.6. The lowest BCUT2D eigenvalue weighted by Gasteiger charge is -2.06. The van der Waals surface area contributed by atoms with E-state index in [0.717, 1.165) is 0 Å². The van der Waals surface area contributed by atoms with Gasteiger partial charge in [-0.3, -0.25) is 0 Å². The van der Waals surface area contributed by atoms with Gasteiger partial charge < -0.3 is 4.57 Å². The zero-order valence-corrected chi connectivity index (χ0v) is 9.49. The molecule has 1 aromatic rings. The van der Waals surface area contributed by atoms with Crippen LogP contribution in [0.25, 0.3) is 12.2 Å². The van der Waals surface area contributed by atoms with Crippen LogP contribution >= 0.6 is 0 Å². The van der Waals surface area contributed by atoms with E-state index in [1.165, 1.54) is 10.6 Å². The van der Waals surface area contributed by atoms with E-state index in [1.807, 2.05) is 6.92 Å². The molecule has 0 N–H and O–H groups in total. The summed E-state index contributed by atoms with van der Waals surface area (Å²) < 4.78 is 2.29. The molecule has 0 aliphatic carbocycles. The highest BCUT2D eigenvalue weighted by molar-refractivity contribution is 5.37. The molecule has 0 amide bonds. The Morgan fingerprint density at radius 3 is 2.50 bits per heavy atom. The van der Waals surface area contributed by atoms with Gasteiger partial charge in [0.2, 0.25) is 0 Å². The molecule has 0 aliphatic rings. The first-order valence-electron chi connectivity index (χ1n) is 5.17. The Labute approximate surface area is 86.1 Å². The number of nitrogens with zero attached hydrogens (tertiary/aromatic N) is 1. The molecular formula is C13H19N. The summed E-state index contributed by atoms with van der Waals surface area (Å²) in [6.07, 6.45) is 10.6. The highest BCUT2D eigenvalue weighted by Gasteiger charge is 1.98. The van der Waals surface area contributed by atoms with Gasteiger partial charge in [-0.2, -0.15) is 0 Å². The second kappa shape index (κ2) is 4.85. The van der Waals surface area contributed by atoms with Gasteiger partial charge in [0.05, 0.1) is 0 Å². The molecule has 0 saturated carbocycles. The van der Waals surface area contributed by atoms with Crippen LogP contribution in [0.5, 0.6) is 0 Å². The fraction of sp³-hybridized carbons (Fsp3) is 0.385. The van der Waals surface area contributed by atoms with E-state index < -0.39 is 0 Å². The van der Waals surface area contributed by atoms with Crippen molar-refractivity contribution in [3.05, 3.63) is 35.0 Å². The Morgan fingerprint density at radius 2 is 2.00 bits per heavy atom. The van der Waals surface area contributed by atoms with Crippen molar-refractivity contribution >= 4 is 12.2 Å². The second-order valence-corrected chi connectivity index (χ2v) is 3.64. The molecule has 1 heteroatoms. The molecule has 0 aliphatic heterocycles. The summed E-state index contributed by atoms with van der Waals surface area (Å²) in [5, 5.41) is 2.59. The van der Waals surface area contributed by atoms with Crippen LogP contribution in [0.4, 0.5) is 0 Å². The van der Waals surface area contributed by atoms with Gasteiger partial charge in [0.15, 0.2) is 0 Å². The van der Waals surface area contributed by atoms with Crippen molar-refractivity contribution in [2.75, 3.05) is 0 Å². The molecule has 0 radical (unpaired) electrons. The van der Waals surface area contributed by atoms with Crippen LogP contribution in [-0.4, -0.2) is 4.57 Å². The van der Waals surface area contributed by atoms with Gasteiger partial charge >= 0.3 is 0 Å². The molecule has 0 unspecified atom stereocenters. The Bertz CT molecular complexity index is 419. The summed E-state index contributed by atoms with van der Waals surface area (Å²) in [5.41, 5.74) is 0. The van der Waals surface area contributed by atoms with Crippen LogP contribution in [0, 0.1) is 0 Å². The minimum absolute atomic E-state index is 0.514. The van der Waals surface area contributed by atoms with Gasteiger partial charge in [-0.05, 0) is 45.1 Å². The summed E-state index contributed by atoms with van der Waals surface area (Å²) in [5.74, 6) is 0. The van der Waals surface area contributed by atoms with Gasteiger partial charge in [0, 0.05) is 17.6 Å².